The van der Waals surface area contributed by atoms with Crippen LogP contribution in [0.1, 0.15) is 50.3 Å². The Hall–Kier alpha value is -3.16. The lowest BCUT2D eigenvalue weighted by Gasteiger charge is -2.52. The molecular weight excluding hydrogens is 465 g/mol. The number of rotatable bonds is 5. The normalized spacial score (nSPS) is 27.9. The summed E-state index contributed by atoms with van der Waals surface area (Å²) in [5.74, 6) is 0.902. The van der Waals surface area contributed by atoms with Gasteiger partial charge in [-0.1, -0.05) is 6.07 Å². The molecular formula is C25H26FN7OS. The summed E-state index contributed by atoms with van der Waals surface area (Å²) < 4.78 is 15.6. The van der Waals surface area contributed by atoms with Gasteiger partial charge in [0, 0.05) is 23.2 Å². The van der Waals surface area contributed by atoms with E-state index in [0.717, 1.165) is 38.5 Å². The zero-order chi connectivity index (χ0) is 24.2. The number of phenols is 1. The SMILES string of the molecule is C[C@]12CCC[C@@H](N1)[C@H](F)[C@H](N(c1cnc(-c3ccc(-c4ncc(C#N)s4)cc3O)nn1)C1CC1)C2. The van der Waals surface area contributed by atoms with Crippen LogP contribution in [0.3, 0.4) is 0 Å². The minimum absolute atomic E-state index is 0.00716. The van der Waals surface area contributed by atoms with Gasteiger partial charge in [0.15, 0.2) is 11.6 Å². The molecule has 10 heteroatoms. The van der Waals surface area contributed by atoms with Gasteiger partial charge in [-0.2, -0.15) is 5.26 Å². The van der Waals surface area contributed by atoms with Crippen molar-refractivity contribution in [3.05, 3.63) is 35.5 Å². The molecule has 6 rings (SSSR count). The van der Waals surface area contributed by atoms with Gasteiger partial charge in [-0.15, -0.1) is 21.5 Å². The molecule has 2 N–H and O–H groups in total. The fourth-order valence-electron chi connectivity index (χ4n) is 5.60. The average Bonchev–Trinajstić information content (AvgIpc) is 3.57. The molecule has 3 aromatic rings. The minimum atomic E-state index is -0.963. The highest BCUT2D eigenvalue weighted by atomic mass is 32.1. The van der Waals surface area contributed by atoms with Crippen molar-refractivity contribution in [3.63, 3.8) is 0 Å². The minimum Gasteiger partial charge on any atom is -0.507 e. The molecule has 0 radical (unpaired) electrons. The van der Waals surface area contributed by atoms with E-state index in [1.165, 1.54) is 17.5 Å². The average molecular weight is 492 g/mol. The van der Waals surface area contributed by atoms with E-state index in [0.29, 0.717) is 32.7 Å². The van der Waals surface area contributed by atoms with Crippen LogP contribution >= 0.6 is 11.3 Å². The standard InChI is InChI=1S/C25H26FN7OS/c1-25-8-2-3-18(30-25)22(26)19(10-25)33(15-5-6-15)21-13-28-23(32-31-21)17-7-4-14(9-20(17)34)24-29-12-16(11-27)35-24/h4,7,9,12-13,15,18-19,22,30,34H,2-3,5-6,8,10H2,1H3/t18-,19-,22+,25-/m1/s1. The number of hydrogen-bond acceptors (Lipinski definition) is 9. The zero-order valence-corrected chi connectivity index (χ0v) is 20.2. The molecule has 3 fully saturated rings. The second-order valence-electron chi connectivity index (χ2n) is 10.1. The van der Waals surface area contributed by atoms with Gasteiger partial charge in [0.2, 0.25) is 0 Å². The molecule has 180 valence electrons. The Morgan fingerprint density at radius 1 is 1.23 bits per heavy atom. The number of hydrogen-bond donors (Lipinski definition) is 2. The molecule has 2 aliphatic heterocycles. The van der Waals surface area contributed by atoms with Crippen LogP contribution in [-0.4, -0.2) is 55.1 Å². The Bertz CT molecular complexity index is 1290. The van der Waals surface area contributed by atoms with E-state index in [-0.39, 0.29) is 29.4 Å². The molecule has 2 aromatic heterocycles. The van der Waals surface area contributed by atoms with E-state index in [2.05, 4.69) is 43.4 Å². The summed E-state index contributed by atoms with van der Waals surface area (Å²) in [4.78, 5) is 11.4. The summed E-state index contributed by atoms with van der Waals surface area (Å²) in [6.45, 7) is 2.20. The molecule has 0 amide bonds. The van der Waals surface area contributed by atoms with E-state index in [9.17, 15) is 5.11 Å². The smallest absolute Gasteiger partial charge is 0.185 e. The van der Waals surface area contributed by atoms with Crippen LogP contribution < -0.4 is 10.2 Å². The molecule has 4 heterocycles. The van der Waals surface area contributed by atoms with Gasteiger partial charge in [0.1, 0.15) is 27.9 Å². The lowest BCUT2D eigenvalue weighted by atomic mass is 9.74. The molecule has 35 heavy (non-hydrogen) atoms. The summed E-state index contributed by atoms with van der Waals surface area (Å²) in [7, 11) is 0. The number of thiazole rings is 1. The maximum absolute atomic E-state index is 15.6. The molecule has 2 saturated heterocycles. The van der Waals surface area contributed by atoms with E-state index in [1.54, 1.807) is 18.3 Å². The van der Waals surface area contributed by atoms with E-state index in [4.69, 9.17) is 5.26 Å². The maximum atomic E-state index is 15.6. The van der Waals surface area contributed by atoms with E-state index < -0.39 is 6.17 Å². The fourth-order valence-corrected chi connectivity index (χ4v) is 6.31. The Balaban J connectivity index is 1.26. The van der Waals surface area contributed by atoms with Crippen molar-refractivity contribution in [3.8, 4) is 33.8 Å². The fraction of sp³-hybridized carbons (Fsp3) is 0.480. The Morgan fingerprint density at radius 2 is 2.09 bits per heavy atom. The quantitative estimate of drug-likeness (QED) is 0.546. The third kappa shape index (κ3) is 4.13. The molecule has 0 unspecified atom stereocenters. The van der Waals surface area contributed by atoms with Crippen LogP contribution in [0, 0.1) is 11.3 Å². The Labute approximate surface area is 206 Å². The highest BCUT2D eigenvalue weighted by Crippen LogP contribution is 2.42. The van der Waals surface area contributed by atoms with Crippen molar-refractivity contribution in [1.29, 1.82) is 5.26 Å². The first-order chi connectivity index (χ1) is 16.9. The lowest BCUT2D eigenvalue weighted by molar-refractivity contribution is 0.0584. The van der Waals surface area contributed by atoms with Gasteiger partial charge < -0.3 is 15.3 Å². The Morgan fingerprint density at radius 3 is 2.77 bits per heavy atom. The number of nitriles is 1. The van der Waals surface area contributed by atoms with Gasteiger partial charge in [-0.05, 0) is 57.6 Å². The van der Waals surface area contributed by atoms with Crippen molar-refractivity contribution in [1.82, 2.24) is 25.5 Å². The van der Waals surface area contributed by atoms with Gasteiger partial charge in [-0.3, -0.25) is 0 Å². The van der Waals surface area contributed by atoms with Gasteiger partial charge >= 0.3 is 0 Å². The summed E-state index contributed by atoms with van der Waals surface area (Å²) in [5.41, 5.74) is 1.11. The number of benzene rings is 1. The number of nitrogens with one attached hydrogen (secondary N) is 1. The van der Waals surface area contributed by atoms with Crippen LogP contribution in [0.25, 0.3) is 22.0 Å². The van der Waals surface area contributed by atoms with E-state index in [1.807, 2.05) is 6.07 Å². The van der Waals surface area contributed by atoms with Crippen LogP contribution in [0.2, 0.25) is 0 Å². The molecule has 4 atom stereocenters. The summed E-state index contributed by atoms with van der Waals surface area (Å²) in [6, 6.07) is 7.10. The first kappa shape index (κ1) is 22.3. The largest absolute Gasteiger partial charge is 0.507 e. The van der Waals surface area contributed by atoms with Gasteiger partial charge in [0.05, 0.1) is 24.0 Å². The van der Waals surface area contributed by atoms with Crippen molar-refractivity contribution in [2.45, 2.75) is 75.3 Å². The van der Waals surface area contributed by atoms with Crippen molar-refractivity contribution in [2.24, 2.45) is 0 Å². The molecule has 3 aliphatic rings. The molecule has 1 aromatic carbocycles. The molecule has 1 aliphatic carbocycles. The van der Waals surface area contributed by atoms with Gasteiger partial charge in [-0.25, -0.2) is 14.4 Å². The molecule has 1 saturated carbocycles. The first-order valence-corrected chi connectivity index (χ1v) is 12.9. The number of aromatic nitrogens is 4. The summed E-state index contributed by atoms with van der Waals surface area (Å²) in [6.07, 6.45) is 7.96. The van der Waals surface area contributed by atoms with Crippen LogP contribution in [-0.2, 0) is 0 Å². The van der Waals surface area contributed by atoms with Gasteiger partial charge in [0.25, 0.3) is 0 Å². The van der Waals surface area contributed by atoms with Crippen LogP contribution in [0.5, 0.6) is 5.75 Å². The molecule has 2 bridgehead atoms. The molecule has 0 spiro atoms. The second kappa shape index (κ2) is 8.50. The summed E-state index contributed by atoms with van der Waals surface area (Å²) >= 11 is 1.26. The van der Waals surface area contributed by atoms with E-state index >= 15 is 4.39 Å². The number of halogens is 1. The number of aromatic hydroxyl groups is 1. The predicted molar refractivity (Wildman–Crippen MR) is 131 cm³/mol. The number of piperidine rings is 2. The highest BCUT2D eigenvalue weighted by Gasteiger charge is 2.50. The zero-order valence-electron chi connectivity index (χ0n) is 19.4. The predicted octanol–water partition coefficient (Wildman–Crippen LogP) is 4.22. The monoisotopic (exact) mass is 491 g/mol. The number of fused-ring (bicyclic) bond motifs is 2. The highest BCUT2D eigenvalue weighted by molar-refractivity contribution is 7.15. The number of nitrogens with zero attached hydrogens (tertiary/aromatic N) is 6. The first-order valence-electron chi connectivity index (χ1n) is 12.0. The topological polar surface area (TPSA) is 111 Å². The Kier molecular flexibility index (Phi) is 5.42. The third-order valence-corrected chi connectivity index (χ3v) is 8.35. The lowest BCUT2D eigenvalue weighted by Crippen LogP contribution is -2.67. The number of phenolic OH excluding ortho intramolecular Hbond substituents is 1. The maximum Gasteiger partial charge on any atom is 0.185 e. The molecule has 8 nitrogen and oxygen atoms in total. The van der Waals surface area contributed by atoms with Crippen molar-refractivity contribution < 1.29 is 9.50 Å². The summed E-state index contributed by atoms with van der Waals surface area (Å²) in [5, 5.41) is 32.6. The van der Waals surface area contributed by atoms with Crippen molar-refractivity contribution >= 4 is 17.2 Å². The number of anilines is 1. The third-order valence-electron chi connectivity index (χ3n) is 7.40. The number of alkyl halides is 1. The second-order valence-corrected chi connectivity index (χ2v) is 11.1. The van der Waals surface area contributed by atoms with Crippen molar-refractivity contribution in [2.75, 3.05) is 4.90 Å². The van der Waals surface area contributed by atoms with Crippen LogP contribution in [0.15, 0.2) is 30.6 Å². The van der Waals surface area contributed by atoms with Crippen LogP contribution in [0.4, 0.5) is 10.2 Å².